The van der Waals surface area contributed by atoms with Crippen molar-refractivity contribution in [2.75, 3.05) is 24.3 Å². The molecule has 0 amide bonds. The lowest BCUT2D eigenvalue weighted by Crippen LogP contribution is -2.16. The Bertz CT molecular complexity index is 525. The average Bonchev–Trinajstić information content (AvgIpc) is 2.39. The van der Waals surface area contributed by atoms with Crippen LogP contribution in [0.3, 0.4) is 0 Å². The molecule has 0 aliphatic carbocycles. The Labute approximate surface area is 117 Å². The number of halogens is 1. The Hall–Kier alpha value is -1.48. The quantitative estimate of drug-likeness (QED) is 0.914. The van der Waals surface area contributed by atoms with Gasteiger partial charge in [-0.25, -0.2) is 0 Å². The second-order valence-electron chi connectivity index (χ2n) is 4.26. The zero-order valence-corrected chi connectivity index (χ0v) is 12.2. The number of nitrogens with zero attached hydrogens (tertiary/aromatic N) is 1. The number of anilines is 2. The van der Waals surface area contributed by atoms with Gasteiger partial charge in [-0.2, -0.15) is 0 Å². The van der Waals surface area contributed by atoms with E-state index in [1.54, 1.807) is 0 Å². The molecule has 0 atom stereocenters. The standard InChI is InChI=1S/C15H17BrN2/c1-17-13-7-5-6-12(10-13)11-18(2)15-9-4-3-8-14(15)16/h3-10,17H,11H2,1-2H3. The lowest BCUT2D eigenvalue weighted by Gasteiger charge is -2.21. The summed E-state index contributed by atoms with van der Waals surface area (Å²) in [6, 6.07) is 16.7. The molecule has 2 nitrogen and oxygen atoms in total. The molecule has 3 heteroatoms. The Kier molecular flexibility index (Phi) is 4.26. The fraction of sp³-hybridized carbons (Fsp3) is 0.200. The van der Waals surface area contributed by atoms with Crippen molar-refractivity contribution in [3.8, 4) is 0 Å². The van der Waals surface area contributed by atoms with Gasteiger partial charge in [-0.15, -0.1) is 0 Å². The first-order valence-electron chi connectivity index (χ1n) is 5.93. The maximum Gasteiger partial charge on any atom is 0.0511 e. The van der Waals surface area contributed by atoms with Crippen LogP contribution in [-0.2, 0) is 6.54 Å². The number of rotatable bonds is 4. The number of benzene rings is 2. The minimum atomic E-state index is 0.887. The first-order valence-corrected chi connectivity index (χ1v) is 6.72. The van der Waals surface area contributed by atoms with Gasteiger partial charge in [0.15, 0.2) is 0 Å². The van der Waals surface area contributed by atoms with Gasteiger partial charge in [0.1, 0.15) is 0 Å². The van der Waals surface area contributed by atoms with Crippen LogP contribution in [0.1, 0.15) is 5.56 Å². The molecule has 18 heavy (non-hydrogen) atoms. The summed E-state index contributed by atoms with van der Waals surface area (Å²) in [4.78, 5) is 2.23. The van der Waals surface area contributed by atoms with Crippen LogP contribution in [-0.4, -0.2) is 14.1 Å². The molecule has 0 unspecified atom stereocenters. The molecule has 0 spiro atoms. The summed E-state index contributed by atoms with van der Waals surface area (Å²) >= 11 is 3.58. The molecule has 0 bridgehead atoms. The molecule has 2 aromatic rings. The smallest absolute Gasteiger partial charge is 0.0511 e. The lowest BCUT2D eigenvalue weighted by atomic mass is 10.2. The van der Waals surface area contributed by atoms with Crippen molar-refractivity contribution in [3.63, 3.8) is 0 Å². The predicted molar refractivity (Wildman–Crippen MR) is 82.2 cm³/mol. The molecule has 1 N–H and O–H groups in total. The first-order chi connectivity index (χ1) is 8.70. The van der Waals surface area contributed by atoms with Crippen molar-refractivity contribution in [2.45, 2.75) is 6.54 Å². The maximum absolute atomic E-state index is 3.58. The second kappa shape index (κ2) is 5.91. The fourth-order valence-corrected chi connectivity index (χ4v) is 2.53. The summed E-state index contributed by atoms with van der Waals surface area (Å²) in [7, 11) is 4.04. The van der Waals surface area contributed by atoms with Crippen molar-refractivity contribution >= 4 is 27.3 Å². The number of para-hydroxylation sites is 1. The molecular formula is C15H17BrN2. The Morgan fingerprint density at radius 3 is 2.61 bits per heavy atom. The highest BCUT2D eigenvalue weighted by atomic mass is 79.9. The van der Waals surface area contributed by atoms with E-state index in [1.807, 2.05) is 13.1 Å². The molecule has 94 valence electrons. The minimum absolute atomic E-state index is 0.887. The maximum atomic E-state index is 3.58. The minimum Gasteiger partial charge on any atom is -0.388 e. The van der Waals surface area contributed by atoms with Gasteiger partial charge < -0.3 is 10.2 Å². The van der Waals surface area contributed by atoms with Gasteiger partial charge in [0.05, 0.1) is 5.69 Å². The van der Waals surface area contributed by atoms with Crippen LogP contribution in [0.5, 0.6) is 0 Å². The topological polar surface area (TPSA) is 15.3 Å². The Balaban J connectivity index is 2.16. The third kappa shape index (κ3) is 3.05. The number of nitrogens with one attached hydrogen (secondary N) is 1. The number of hydrogen-bond donors (Lipinski definition) is 1. The molecule has 0 saturated heterocycles. The van der Waals surface area contributed by atoms with E-state index in [-0.39, 0.29) is 0 Å². The lowest BCUT2D eigenvalue weighted by molar-refractivity contribution is 0.920. The van der Waals surface area contributed by atoms with Gasteiger partial charge in [0, 0.05) is 30.8 Å². The Morgan fingerprint density at radius 2 is 1.89 bits per heavy atom. The van der Waals surface area contributed by atoms with Gasteiger partial charge in [-0.05, 0) is 45.8 Å². The molecule has 0 aliphatic rings. The summed E-state index contributed by atoms with van der Waals surface area (Å²) in [5.74, 6) is 0. The van der Waals surface area contributed by atoms with Crippen molar-refractivity contribution in [2.24, 2.45) is 0 Å². The van der Waals surface area contributed by atoms with Crippen molar-refractivity contribution in [1.82, 2.24) is 0 Å². The summed E-state index contributed by atoms with van der Waals surface area (Å²) in [6.45, 7) is 0.887. The van der Waals surface area contributed by atoms with E-state index < -0.39 is 0 Å². The van der Waals surface area contributed by atoms with Gasteiger partial charge in [0.25, 0.3) is 0 Å². The van der Waals surface area contributed by atoms with Gasteiger partial charge in [0.2, 0.25) is 0 Å². The molecular weight excluding hydrogens is 288 g/mol. The number of hydrogen-bond acceptors (Lipinski definition) is 2. The zero-order valence-electron chi connectivity index (χ0n) is 10.7. The monoisotopic (exact) mass is 304 g/mol. The summed E-state index contributed by atoms with van der Waals surface area (Å²) in [5, 5.41) is 3.16. The van der Waals surface area contributed by atoms with Crippen LogP contribution >= 0.6 is 15.9 Å². The van der Waals surface area contributed by atoms with Gasteiger partial charge >= 0.3 is 0 Å². The first kappa shape index (κ1) is 13.0. The molecule has 2 rings (SSSR count). The van der Waals surface area contributed by atoms with Crippen molar-refractivity contribution in [3.05, 3.63) is 58.6 Å². The summed E-state index contributed by atoms with van der Waals surface area (Å²) in [5.41, 5.74) is 3.64. The SMILES string of the molecule is CNc1cccc(CN(C)c2ccccc2Br)c1. The van der Waals surface area contributed by atoms with Gasteiger partial charge in [-0.3, -0.25) is 0 Å². The highest BCUT2D eigenvalue weighted by Crippen LogP contribution is 2.26. The van der Waals surface area contributed by atoms with Crippen LogP contribution < -0.4 is 10.2 Å². The van der Waals surface area contributed by atoms with Crippen LogP contribution in [0.15, 0.2) is 53.0 Å². The highest BCUT2D eigenvalue weighted by molar-refractivity contribution is 9.10. The van der Waals surface area contributed by atoms with E-state index in [1.165, 1.54) is 11.3 Å². The normalized spacial score (nSPS) is 10.2. The Morgan fingerprint density at radius 1 is 1.11 bits per heavy atom. The van der Waals surface area contributed by atoms with E-state index in [4.69, 9.17) is 0 Å². The van der Waals surface area contributed by atoms with E-state index in [0.29, 0.717) is 0 Å². The van der Waals surface area contributed by atoms with Gasteiger partial charge in [-0.1, -0.05) is 24.3 Å². The molecule has 0 saturated carbocycles. The zero-order chi connectivity index (χ0) is 13.0. The van der Waals surface area contributed by atoms with Crippen LogP contribution in [0.25, 0.3) is 0 Å². The van der Waals surface area contributed by atoms with Crippen LogP contribution in [0, 0.1) is 0 Å². The highest BCUT2D eigenvalue weighted by Gasteiger charge is 2.05. The predicted octanol–water partition coefficient (Wildman–Crippen LogP) is 4.13. The second-order valence-corrected chi connectivity index (χ2v) is 5.11. The van der Waals surface area contributed by atoms with E-state index in [9.17, 15) is 0 Å². The van der Waals surface area contributed by atoms with Crippen LogP contribution in [0.2, 0.25) is 0 Å². The molecule has 0 fully saturated rings. The molecule has 0 radical (unpaired) electrons. The fourth-order valence-electron chi connectivity index (χ4n) is 1.95. The van der Waals surface area contributed by atoms with Crippen LogP contribution in [0.4, 0.5) is 11.4 Å². The van der Waals surface area contributed by atoms with E-state index >= 15 is 0 Å². The van der Waals surface area contributed by atoms with Crippen molar-refractivity contribution in [1.29, 1.82) is 0 Å². The third-order valence-corrected chi connectivity index (χ3v) is 3.57. The molecule has 0 aromatic heterocycles. The summed E-state index contributed by atoms with van der Waals surface area (Å²) < 4.78 is 1.12. The summed E-state index contributed by atoms with van der Waals surface area (Å²) in [6.07, 6.45) is 0. The van der Waals surface area contributed by atoms with Crippen molar-refractivity contribution < 1.29 is 0 Å². The average molecular weight is 305 g/mol. The third-order valence-electron chi connectivity index (χ3n) is 2.90. The molecule has 0 aliphatic heterocycles. The molecule has 2 aromatic carbocycles. The largest absolute Gasteiger partial charge is 0.388 e. The van der Waals surface area contributed by atoms with E-state index in [0.717, 1.165) is 16.7 Å². The van der Waals surface area contributed by atoms with E-state index in [2.05, 4.69) is 75.7 Å². The molecule has 0 heterocycles.